The van der Waals surface area contributed by atoms with Crippen molar-refractivity contribution >= 4 is 41.5 Å². The van der Waals surface area contributed by atoms with Gasteiger partial charge in [0.25, 0.3) is 0 Å². The second-order valence-electron chi connectivity index (χ2n) is 6.64. The largest absolute Gasteiger partial charge is 0.352 e. The summed E-state index contributed by atoms with van der Waals surface area (Å²) >= 11 is 0. The second-order valence-corrected chi connectivity index (χ2v) is 6.64. The predicted molar refractivity (Wildman–Crippen MR) is 122 cm³/mol. The first-order chi connectivity index (χ1) is 13.1. The molecule has 0 aromatic heterocycles. The molecule has 0 atom stereocenters. The summed E-state index contributed by atoms with van der Waals surface area (Å²) in [5, 5.41) is 6.16. The fraction of sp³-hybridized carbons (Fsp3) is 0.333. The number of guanidine groups is 1. The van der Waals surface area contributed by atoms with Crippen LogP contribution in [0.4, 0.5) is 10.1 Å². The number of rotatable bonds is 4. The highest BCUT2D eigenvalue weighted by Crippen LogP contribution is 2.26. The summed E-state index contributed by atoms with van der Waals surface area (Å²) in [4.78, 5) is 18.6. The minimum absolute atomic E-state index is 0. The summed E-state index contributed by atoms with van der Waals surface area (Å²) in [6.07, 6.45) is 1.97. The number of carbonyl (C=O) groups excluding carboxylic acids is 1. The number of hydrogen-bond acceptors (Lipinski definition) is 2. The van der Waals surface area contributed by atoms with Crippen molar-refractivity contribution in [2.45, 2.75) is 26.3 Å². The lowest BCUT2D eigenvalue weighted by Crippen LogP contribution is -2.45. The van der Waals surface area contributed by atoms with Crippen molar-refractivity contribution in [2.75, 3.05) is 25.0 Å². The third-order valence-corrected chi connectivity index (χ3v) is 4.74. The zero-order chi connectivity index (χ0) is 19.2. The van der Waals surface area contributed by atoms with Crippen LogP contribution in [-0.2, 0) is 17.8 Å². The van der Waals surface area contributed by atoms with E-state index in [1.54, 1.807) is 20.0 Å². The molecular formula is C21H26FIN4O. The lowest BCUT2D eigenvalue weighted by Gasteiger charge is -2.29. The van der Waals surface area contributed by atoms with Gasteiger partial charge in [-0.3, -0.25) is 9.79 Å². The number of benzene rings is 2. The van der Waals surface area contributed by atoms with Gasteiger partial charge < -0.3 is 15.5 Å². The van der Waals surface area contributed by atoms with Gasteiger partial charge in [0.1, 0.15) is 5.82 Å². The van der Waals surface area contributed by atoms with Crippen LogP contribution >= 0.6 is 24.0 Å². The summed E-state index contributed by atoms with van der Waals surface area (Å²) < 4.78 is 13.6. The number of aliphatic imine (C=N–C) groups is 1. The molecule has 7 heteroatoms. The number of nitrogens with zero attached hydrogens (tertiary/aromatic N) is 2. The van der Waals surface area contributed by atoms with Gasteiger partial charge >= 0.3 is 0 Å². The third-order valence-electron chi connectivity index (χ3n) is 4.74. The van der Waals surface area contributed by atoms with E-state index in [9.17, 15) is 9.18 Å². The monoisotopic (exact) mass is 496 g/mol. The Balaban J connectivity index is 0.00000280. The van der Waals surface area contributed by atoms with Crippen molar-refractivity contribution in [2.24, 2.45) is 4.99 Å². The van der Waals surface area contributed by atoms with Crippen LogP contribution in [0.1, 0.15) is 23.1 Å². The van der Waals surface area contributed by atoms with E-state index in [4.69, 9.17) is 0 Å². The lowest BCUT2D eigenvalue weighted by atomic mass is 10.0. The Bertz CT molecular complexity index is 856. The van der Waals surface area contributed by atoms with E-state index < -0.39 is 0 Å². The maximum absolute atomic E-state index is 13.6. The highest BCUT2D eigenvalue weighted by Gasteiger charge is 2.21. The summed E-state index contributed by atoms with van der Waals surface area (Å²) in [6, 6.07) is 13.2. The van der Waals surface area contributed by atoms with E-state index >= 15 is 0 Å². The topological polar surface area (TPSA) is 56.7 Å². The Hall–Kier alpha value is -2.16. The fourth-order valence-corrected chi connectivity index (χ4v) is 3.20. The lowest BCUT2D eigenvalue weighted by molar-refractivity contribution is -0.117. The van der Waals surface area contributed by atoms with Gasteiger partial charge in [-0.1, -0.05) is 30.3 Å². The van der Waals surface area contributed by atoms with Gasteiger partial charge in [0.15, 0.2) is 5.96 Å². The average Bonchev–Trinajstić information content (AvgIpc) is 2.70. The van der Waals surface area contributed by atoms with E-state index in [-0.39, 0.29) is 42.2 Å². The van der Waals surface area contributed by atoms with Crippen molar-refractivity contribution in [3.63, 3.8) is 0 Å². The molecule has 0 radical (unpaired) electrons. The Morgan fingerprint density at radius 3 is 2.75 bits per heavy atom. The zero-order valence-corrected chi connectivity index (χ0v) is 18.5. The quantitative estimate of drug-likeness (QED) is 0.388. The van der Waals surface area contributed by atoms with Crippen molar-refractivity contribution in [1.82, 2.24) is 10.6 Å². The van der Waals surface area contributed by atoms with Crippen molar-refractivity contribution in [3.8, 4) is 0 Å². The Morgan fingerprint density at radius 1 is 1.21 bits per heavy atom. The van der Waals surface area contributed by atoms with Crippen LogP contribution in [0.25, 0.3) is 0 Å². The van der Waals surface area contributed by atoms with Crippen LogP contribution in [0.2, 0.25) is 0 Å². The number of para-hydroxylation sites is 1. The molecule has 0 fully saturated rings. The summed E-state index contributed by atoms with van der Waals surface area (Å²) in [7, 11) is 1.64. The van der Waals surface area contributed by atoms with Gasteiger partial charge in [-0.15, -0.1) is 24.0 Å². The van der Waals surface area contributed by atoms with Crippen LogP contribution in [0, 0.1) is 12.7 Å². The van der Waals surface area contributed by atoms with Crippen LogP contribution in [0.3, 0.4) is 0 Å². The number of nitrogens with one attached hydrogen (secondary N) is 2. The third kappa shape index (κ3) is 5.43. The van der Waals surface area contributed by atoms with E-state index in [1.807, 2.05) is 29.2 Å². The number of halogens is 2. The molecule has 0 spiro atoms. The Kier molecular flexibility index (Phi) is 8.22. The van der Waals surface area contributed by atoms with Gasteiger partial charge in [0, 0.05) is 25.8 Å². The molecule has 28 heavy (non-hydrogen) atoms. The molecule has 3 rings (SSSR count). The van der Waals surface area contributed by atoms with Gasteiger partial charge in [0.2, 0.25) is 5.91 Å². The van der Waals surface area contributed by atoms with Crippen molar-refractivity contribution < 1.29 is 9.18 Å². The van der Waals surface area contributed by atoms with Gasteiger partial charge in [0.05, 0.1) is 6.54 Å². The van der Waals surface area contributed by atoms with Crippen LogP contribution in [0.5, 0.6) is 0 Å². The molecule has 0 aliphatic carbocycles. The maximum Gasteiger partial charge on any atom is 0.246 e. The standard InChI is InChI=1S/C21H25FN4O.HI/c1-15-9-10-16(12-18(15)22)13-24-21(23-2)25-14-20(27)26-11-5-7-17-6-3-4-8-19(17)26;/h3-4,6,8-10,12H,5,7,11,13-14H2,1-2H3,(H2,23,24,25);1H. The molecule has 1 amide bonds. The summed E-state index contributed by atoms with van der Waals surface area (Å²) in [5.41, 5.74) is 3.64. The molecule has 0 saturated heterocycles. The normalized spacial score (nSPS) is 13.4. The van der Waals surface area contributed by atoms with Gasteiger partial charge in [-0.05, 0) is 48.6 Å². The first kappa shape index (κ1) is 22.1. The maximum atomic E-state index is 13.6. The van der Waals surface area contributed by atoms with E-state index in [0.29, 0.717) is 18.1 Å². The predicted octanol–water partition coefficient (Wildman–Crippen LogP) is 3.40. The molecule has 0 saturated carbocycles. The van der Waals surface area contributed by atoms with Gasteiger partial charge in [-0.25, -0.2) is 4.39 Å². The van der Waals surface area contributed by atoms with E-state index in [2.05, 4.69) is 21.7 Å². The van der Waals surface area contributed by atoms with Crippen LogP contribution in [0.15, 0.2) is 47.5 Å². The molecule has 1 aliphatic rings. The smallest absolute Gasteiger partial charge is 0.246 e. The SMILES string of the molecule is CN=C(NCC(=O)N1CCCc2ccccc21)NCc1ccc(C)c(F)c1.I. The highest BCUT2D eigenvalue weighted by atomic mass is 127. The minimum atomic E-state index is -0.226. The number of aryl methyl sites for hydroxylation is 2. The first-order valence-electron chi connectivity index (χ1n) is 9.16. The second kappa shape index (κ2) is 10.4. The average molecular weight is 496 g/mol. The highest BCUT2D eigenvalue weighted by molar-refractivity contribution is 14.0. The molecule has 2 aromatic rings. The first-order valence-corrected chi connectivity index (χ1v) is 9.16. The number of fused-ring (bicyclic) bond motifs is 1. The molecule has 5 nitrogen and oxygen atoms in total. The molecular weight excluding hydrogens is 470 g/mol. The molecule has 2 aromatic carbocycles. The molecule has 150 valence electrons. The van der Waals surface area contributed by atoms with E-state index in [0.717, 1.165) is 30.6 Å². The van der Waals surface area contributed by atoms with Crippen molar-refractivity contribution in [3.05, 3.63) is 65.0 Å². The Labute approximate surface area is 182 Å². The number of hydrogen-bond donors (Lipinski definition) is 2. The summed E-state index contributed by atoms with van der Waals surface area (Å²) in [5.74, 6) is 0.289. The zero-order valence-electron chi connectivity index (χ0n) is 16.2. The number of amides is 1. The van der Waals surface area contributed by atoms with Crippen LogP contribution in [-0.4, -0.2) is 32.0 Å². The fourth-order valence-electron chi connectivity index (χ4n) is 3.20. The molecule has 1 aliphatic heterocycles. The Morgan fingerprint density at radius 2 is 2.00 bits per heavy atom. The number of anilines is 1. The molecule has 1 heterocycles. The minimum Gasteiger partial charge on any atom is -0.352 e. The molecule has 2 N–H and O–H groups in total. The molecule has 0 unspecified atom stereocenters. The summed E-state index contributed by atoms with van der Waals surface area (Å²) in [6.45, 7) is 3.04. The molecule has 0 bridgehead atoms. The van der Waals surface area contributed by atoms with Crippen LogP contribution < -0.4 is 15.5 Å². The van der Waals surface area contributed by atoms with E-state index in [1.165, 1.54) is 11.6 Å². The van der Waals surface area contributed by atoms with Crippen molar-refractivity contribution in [1.29, 1.82) is 0 Å². The van der Waals surface area contributed by atoms with Gasteiger partial charge in [-0.2, -0.15) is 0 Å². The number of carbonyl (C=O) groups is 1.